The lowest BCUT2D eigenvalue weighted by Crippen LogP contribution is -2.38. The fraction of sp³-hybridized carbons (Fsp3) is 0.233. The van der Waals surface area contributed by atoms with Gasteiger partial charge >= 0.3 is 5.97 Å². The molecule has 0 N–H and O–H groups in total. The van der Waals surface area contributed by atoms with Gasteiger partial charge in [-0.05, 0) is 58.8 Å². The average Bonchev–Trinajstić information content (AvgIpc) is 3.09. The van der Waals surface area contributed by atoms with E-state index in [-0.39, 0.29) is 17.0 Å². The van der Waals surface area contributed by atoms with E-state index in [9.17, 15) is 13.2 Å². The molecule has 210 valence electrons. The van der Waals surface area contributed by atoms with Gasteiger partial charge in [0.1, 0.15) is 0 Å². The van der Waals surface area contributed by atoms with Crippen LogP contribution in [0.15, 0.2) is 81.3 Å². The molecule has 0 bridgehead atoms. The Labute approximate surface area is 248 Å². The summed E-state index contributed by atoms with van der Waals surface area (Å²) in [4.78, 5) is 13.1. The number of hydrogen-bond acceptors (Lipinski definition) is 7. The lowest BCUT2D eigenvalue weighted by atomic mass is 9.88. The first-order valence-electron chi connectivity index (χ1n) is 12.2. The number of esters is 1. The van der Waals surface area contributed by atoms with Gasteiger partial charge in [0, 0.05) is 21.3 Å². The van der Waals surface area contributed by atoms with Gasteiger partial charge in [0.2, 0.25) is 15.8 Å². The van der Waals surface area contributed by atoms with Crippen LogP contribution in [0, 0.1) is 6.92 Å². The maximum Gasteiger partial charge on any atom is 0.335 e. The number of halogens is 1. The van der Waals surface area contributed by atoms with Crippen LogP contribution in [0.2, 0.25) is 0 Å². The monoisotopic (exact) mass is 675 g/mol. The number of aryl methyl sites for hydroxylation is 1. The highest BCUT2D eigenvalue weighted by molar-refractivity contribution is 14.1. The number of ether oxygens (including phenoxy) is 4. The van der Waals surface area contributed by atoms with Crippen LogP contribution in [-0.4, -0.2) is 53.7 Å². The van der Waals surface area contributed by atoms with Crippen molar-refractivity contribution in [1.82, 2.24) is 4.31 Å². The molecule has 8 nitrogen and oxygen atoms in total. The van der Waals surface area contributed by atoms with E-state index in [0.717, 1.165) is 16.7 Å². The minimum Gasteiger partial charge on any atom is -0.493 e. The summed E-state index contributed by atoms with van der Waals surface area (Å²) in [5.41, 5.74) is 3.41. The highest BCUT2D eigenvalue weighted by Gasteiger charge is 2.43. The van der Waals surface area contributed by atoms with Crippen LogP contribution < -0.4 is 14.2 Å². The highest BCUT2D eigenvalue weighted by Crippen LogP contribution is 2.53. The Hall–Kier alpha value is -3.35. The molecule has 0 aliphatic carbocycles. The molecule has 1 atom stereocenters. The van der Waals surface area contributed by atoms with Crippen LogP contribution in [0.1, 0.15) is 28.3 Å². The fourth-order valence-electron chi connectivity index (χ4n) is 4.83. The topological polar surface area (TPSA) is 91.4 Å². The van der Waals surface area contributed by atoms with Gasteiger partial charge in [0.05, 0.1) is 44.9 Å². The van der Waals surface area contributed by atoms with E-state index >= 15 is 0 Å². The summed E-state index contributed by atoms with van der Waals surface area (Å²) < 4.78 is 52.9. The third kappa shape index (κ3) is 5.23. The van der Waals surface area contributed by atoms with Gasteiger partial charge in [-0.2, -0.15) is 4.31 Å². The lowest BCUT2D eigenvalue weighted by Gasteiger charge is -2.32. The second-order valence-corrected chi connectivity index (χ2v) is 12.2. The van der Waals surface area contributed by atoms with Gasteiger partial charge in [-0.15, -0.1) is 0 Å². The normalized spacial score (nSPS) is 15.6. The summed E-state index contributed by atoms with van der Waals surface area (Å²) in [6.07, 6.45) is 0. The van der Waals surface area contributed by atoms with Crippen LogP contribution in [-0.2, 0) is 19.6 Å². The fourth-order valence-corrected chi connectivity index (χ4v) is 7.57. The van der Waals surface area contributed by atoms with E-state index < -0.39 is 22.0 Å². The predicted molar refractivity (Wildman–Crippen MR) is 162 cm³/mol. The molecule has 1 aliphatic rings. The number of hydrogen-bond donors (Lipinski definition) is 0. The Morgan fingerprint density at radius 1 is 0.950 bits per heavy atom. The summed E-state index contributed by atoms with van der Waals surface area (Å²) in [6.45, 7) is 5.85. The molecule has 3 aromatic carbocycles. The molecule has 0 saturated heterocycles. The number of nitrogens with zero attached hydrogens (tertiary/aromatic N) is 1. The standard InChI is InChI=1S/C30H30INO7S/c1-18-12-14-21(15-13-18)40(34,35)32-17-23(31)25(20-10-8-7-9-11-20)26-22(27(32)19(2)30(33)39-6)16-24(36-3)28(37-4)29(26)38-5/h7-16,27H,2,17H2,1,3-6H3/t27-/m0/s1. The first-order valence-corrected chi connectivity index (χ1v) is 14.7. The third-order valence-corrected chi connectivity index (χ3v) is 9.43. The number of methoxy groups -OCH3 is 4. The van der Waals surface area contributed by atoms with Crippen LogP contribution in [0.5, 0.6) is 17.2 Å². The number of fused-ring (bicyclic) bond motifs is 1. The summed E-state index contributed by atoms with van der Waals surface area (Å²) in [5, 5.41) is 0. The lowest BCUT2D eigenvalue weighted by molar-refractivity contribution is -0.136. The second kappa shape index (κ2) is 12.0. The Morgan fingerprint density at radius 2 is 1.57 bits per heavy atom. The van der Waals surface area contributed by atoms with Gasteiger partial charge in [0.25, 0.3) is 0 Å². The SMILES string of the molecule is C=C(C(=O)OC)[C@H]1c2cc(OC)c(OC)c(OC)c2C(c2ccccc2)=C(I)CN1S(=O)(=O)c1ccc(C)cc1. The summed E-state index contributed by atoms with van der Waals surface area (Å²) in [7, 11) is 1.55. The quantitative estimate of drug-likeness (QED) is 0.172. The van der Waals surface area contributed by atoms with E-state index in [2.05, 4.69) is 29.2 Å². The molecule has 0 aromatic heterocycles. The van der Waals surface area contributed by atoms with Crippen molar-refractivity contribution in [2.45, 2.75) is 17.9 Å². The van der Waals surface area contributed by atoms with Crippen LogP contribution >= 0.6 is 22.6 Å². The average molecular weight is 676 g/mol. The predicted octanol–water partition coefficient (Wildman–Crippen LogP) is 5.69. The van der Waals surface area contributed by atoms with Gasteiger partial charge in [0.15, 0.2) is 11.5 Å². The Kier molecular flexibility index (Phi) is 8.91. The first kappa shape index (κ1) is 29.6. The van der Waals surface area contributed by atoms with E-state index in [4.69, 9.17) is 18.9 Å². The smallest absolute Gasteiger partial charge is 0.335 e. The molecular weight excluding hydrogens is 645 g/mol. The van der Waals surface area contributed by atoms with Crippen molar-refractivity contribution in [3.63, 3.8) is 0 Å². The largest absolute Gasteiger partial charge is 0.493 e. The van der Waals surface area contributed by atoms with E-state index in [1.807, 2.05) is 37.3 Å². The molecule has 0 spiro atoms. The molecule has 0 fully saturated rings. The van der Waals surface area contributed by atoms with E-state index in [1.165, 1.54) is 32.7 Å². The Bertz CT molecular complexity index is 1580. The number of rotatable bonds is 8. The molecule has 40 heavy (non-hydrogen) atoms. The molecule has 0 saturated carbocycles. The summed E-state index contributed by atoms with van der Waals surface area (Å²) in [6, 6.07) is 16.6. The van der Waals surface area contributed by atoms with Crippen LogP contribution in [0.4, 0.5) is 0 Å². The van der Waals surface area contributed by atoms with Gasteiger partial charge in [-0.1, -0.05) is 54.6 Å². The number of carbonyl (C=O) groups excluding carboxylic acids is 1. The molecule has 1 heterocycles. The summed E-state index contributed by atoms with van der Waals surface area (Å²) in [5.74, 6) is 0.227. The first-order chi connectivity index (χ1) is 19.1. The van der Waals surface area contributed by atoms with Crippen molar-refractivity contribution >= 4 is 44.2 Å². The zero-order valence-electron chi connectivity index (χ0n) is 22.9. The van der Waals surface area contributed by atoms with Crippen molar-refractivity contribution in [2.75, 3.05) is 35.0 Å². The molecule has 0 radical (unpaired) electrons. The third-order valence-electron chi connectivity index (χ3n) is 6.73. The molecule has 1 aliphatic heterocycles. The van der Waals surface area contributed by atoms with Crippen molar-refractivity contribution < 1.29 is 32.2 Å². The van der Waals surface area contributed by atoms with Crippen molar-refractivity contribution in [3.05, 3.63) is 98.6 Å². The van der Waals surface area contributed by atoms with Gasteiger partial charge < -0.3 is 18.9 Å². The maximum absolute atomic E-state index is 14.3. The van der Waals surface area contributed by atoms with Crippen molar-refractivity contribution in [2.24, 2.45) is 0 Å². The van der Waals surface area contributed by atoms with E-state index in [1.54, 1.807) is 30.3 Å². The van der Waals surface area contributed by atoms with Crippen molar-refractivity contribution in [3.8, 4) is 17.2 Å². The summed E-state index contributed by atoms with van der Waals surface area (Å²) >= 11 is 2.16. The van der Waals surface area contributed by atoms with Crippen molar-refractivity contribution in [1.29, 1.82) is 0 Å². The van der Waals surface area contributed by atoms with Gasteiger partial charge in [-0.25, -0.2) is 13.2 Å². The number of sulfonamides is 1. The molecule has 3 aromatic rings. The minimum atomic E-state index is -4.16. The zero-order chi connectivity index (χ0) is 29.2. The molecular formula is C30H30INO7S. The Balaban J connectivity index is 2.17. The maximum atomic E-state index is 14.3. The van der Waals surface area contributed by atoms with Gasteiger partial charge in [-0.3, -0.25) is 0 Å². The highest BCUT2D eigenvalue weighted by atomic mass is 127. The van der Waals surface area contributed by atoms with E-state index in [0.29, 0.717) is 32.0 Å². The molecule has 0 unspecified atom stereocenters. The number of benzene rings is 3. The zero-order valence-corrected chi connectivity index (χ0v) is 25.8. The number of carbonyl (C=O) groups is 1. The molecule has 10 heteroatoms. The van der Waals surface area contributed by atoms with Crippen LogP contribution in [0.3, 0.4) is 0 Å². The second-order valence-electron chi connectivity index (χ2n) is 9.04. The minimum absolute atomic E-state index is 0.0514. The van der Waals surface area contributed by atoms with Crippen LogP contribution in [0.25, 0.3) is 5.57 Å². The molecule has 0 amide bonds. The molecule has 4 rings (SSSR count). The Morgan fingerprint density at radius 3 is 2.12 bits per heavy atom.